The van der Waals surface area contributed by atoms with Crippen molar-refractivity contribution in [2.75, 3.05) is 13.6 Å². The standard InChI is InChI=1S/C14H19NO5S/c1-15(9-11-6-12(16)7-11)21(19,20)13-4-2-10(3-5-13)8-14(17)18/h2-5,11-12,16H,6-9H2,1H3,(H,17,18). The molecule has 116 valence electrons. The molecule has 0 saturated heterocycles. The number of aliphatic hydroxyl groups is 1. The Hall–Kier alpha value is -1.44. The average molecular weight is 313 g/mol. The first-order valence-corrected chi connectivity index (χ1v) is 8.18. The summed E-state index contributed by atoms with van der Waals surface area (Å²) in [5, 5.41) is 17.9. The second kappa shape index (κ2) is 6.13. The number of sulfonamides is 1. The zero-order valence-corrected chi connectivity index (χ0v) is 12.6. The molecule has 1 aromatic rings. The molecule has 0 spiro atoms. The lowest BCUT2D eigenvalue weighted by Crippen LogP contribution is -2.39. The van der Waals surface area contributed by atoms with Gasteiger partial charge in [0.1, 0.15) is 0 Å². The highest BCUT2D eigenvalue weighted by Crippen LogP contribution is 2.29. The first kappa shape index (κ1) is 15.9. The number of hydrogen-bond acceptors (Lipinski definition) is 4. The van der Waals surface area contributed by atoms with Crippen LogP contribution in [0.1, 0.15) is 18.4 Å². The van der Waals surface area contributed by atoms with Gasteiger partial charge < -0.3 is 10.2 Å². The molecule has 2 N–H and O–H groups in total. The largest absolute Gasteiger partial charge is 0.481 e. The zero-order chi connectivity index (χ0) is 15.6. The van der Waals surface area contributed by atoms with Gasteiger partial charge in [0.25, 0.3) is 0 Å². The maximum absolute atomic E-state index is 12.4. The smallest absolute Gasteiger partial charge is 0.307 e. The maximum atomic E-state index is 12.4. The van der Waals surface area contributed by atoms with Crippen LogP contribution in [0.25, 0.3) is 0 Å². The summed E-state index contributed by atoms with van der Waals surface area (Å²) in [6.45, 7) is 0.385. The third-order valence-corrected chi connectivity index (χ3v) is 5.55. The Bertz CT molecular complexity index is 605. The molecule has 21 heavy (non-hydrogen) atoms. The number of carboxylic acid groups (broad SMARTS) is 1. The molecule has 0 amide bonds. The van der Waals surface area contributed by atoms with E-state index in [0.717, 1.165) is 0 Å². The van der Waals surface area contributed by atoms with Crippen LogP contribution in [0.15, 0.2) is 29.2 Å². The van der Waals surface area contributed by atoms with Gasteiger partial charge in [0, 0.05) is 13.6 Å². The van der Waals surface area contributed by atoms with Gasteiger partial charge >= 0.3 is 5.97 Å². The normalized spacial score (nSPS) is 22.0. The van der Waals surface area contributed by atoms with Crippen molar-refractivity contribution in [3.63, 3.8) is 0 Å². The molecule has 1 aliphatic carbocycles. The fourth-order valence-electron chi connectivity index (χ4n) is 2.45. The van der Waals surface area contributed by atoms with Crippen molar-refractivity contribution in [1.29, 1.82) is 0 Å². The minimum Gasteiger partial charge on any atom is -0.481 e. The van der Waals surface area contributed by atoms with Crippen LogP contribution in [0, 0.1) is 5.92 Å². The first-order valence-electron chi connectivity index (χ1n) is 6.74. The minimum absolute atomic E-state index is 0.129. The van der Waals surface area contributed by atoms with Crippen LogP contribution in [0.3, 0.4) is 0 Å². The summed E-state index contributed by atoms with van der Waals surface area (Å²) in [5.41, 5.74) is 0.561. The Morgan fingerprint density at radius 3 is 2.33 bits per heavy atom. The fourth-order valence-corrected chi connectivity index (χ4v) is 3.69. The van der Waals surface area contributed by atoms with Gasteiger partial charge in [-0.1, -0.05) is 12.1 Å². The van der Waals surface area contributed by atoms with Gasteiger partial charge in [0.2, 0.25) is 10.0 Å². The molecule has 0 atom stereocenters. The average Bonchev–Trinajstić information content (AvgIpc) is 2.36. The summed E-state index contributed by atoms with van der Waals surface area (Å²) >= 11 is 0. The number of benzene rings is 1. The molecular weight excluding hydrogens is 294 g/mol. The van der Waals surface area contributed by atoms with Crippen molar-refractivity contribution in [3.05, 3.63) is 29.8 Å². The first-order chi connectivity index (χ1) is 9.79. The lowest BCUT2D eigenvalue weighted by Gasteiger charge is -2.34. The van der Waals surface area contributed by atoms with E-state index < -0.39 is 16.0 Å². The van der Waals surface area contributed by atoms with Gasteiger partial charge in [-0.05, 0) is 36.5 Å². The molecule has 1 saturated carbocycles. The van der Waals surface area contributed by atoms with Crippen LogP contribution in [-0.4, -0.2) is 48.6 Å². The van der Waals surface area contributed by atoms with Gasteiger partial charge in [-0.25, -0.2) is 12.7 Å². The van der Waals surface area contributed by atoms with E-state index in [1.165, 1.54) is 35.6 Å². The lowest BCUT2D eigenvalue weighted by atomic mass is 9.82. The van der Waals surface area contributed by atoms with E-state index in [1.54, 1.807) is 0 Å². The SMILES string of the molecule is CN(CC1CC(O)C1)S(=O)(=O)c1ccc(CC(=O)O)cc1. The summed E-state index contributed by atoms with van der Waals surface area (Å²) in [4.78, 5) is 10.8. The van der Waals surface area contributed by atoms with E-state index in [2.05, 4.69) is 0 Å². The van der Waals surface area contributed by atoms with Crippen LogP contribution >= 0.6 is 0 Å². The number of carboxylic acids is 1. The Morgan fingerprint density at radius 1 is 1.29 bits per heavy atom. The molecule has 0 unspecified atom stereocenters. The third kappa shape index (κ3) is 3.81. The Morgan fingerprint density at radius 2 is 1.86 bits per heavy atom. The van der Waals surface area contributed by atoms with Crippen LogP contribution in [0.4, 0.5) is 0 Å². The topological polar surface area (TPSA) is 94.9 Å². The van der Waals surface area contributed by atoms with Crippen molar-refractivity contribution in [2.24, 2.45) is 5.92 Å². The molecule has 0 aliphatic heterocycles. The van der Waals surface area contributed by atoms with Crippen molar-refractivity contribution >= 4 is 16.0 Å². The van der Waals surface area contributed by atoms with Gasteiger partial charge in [0.05, 0.1) is 17.4 Å². The van der Waals surface area contributed by atoms with Gasteiger partial charge in [-0.3, -0.25) is 4.79 Å². The predicted molar refractivity (Wildman–Crippen MR) is 76.3 cm³/mol. The summed E-state index contributed by atoms with van der Waals surface area (Å²) in [5.74, 6) is -0.752. The van der Waals surface area contributed by atoms with Crippen LogP contribution in [0.5, 0.6) is 0 Å². The monoisotopic (exact) mass is 313 g/mol. The Kier molecular flexibility index (Phi) is 4.65. The van der Waals surface area contributed by atoms with Crippen molar-refractivity contribution < 1.29 is 23.4 Å². The number of rotatable bonds is 6. The highest BCUT2D eigenvalue weighted by Gasteiger charge is 2.31. The van der Waals surface area contributed by atoms with E-state index in [-0.39, 0.29) is 23.3 Å². The second-order valence-corrected chi connectivity index (χ2v) is 7.54. The third-order valence-electron chi connectivity index (χ3n) is 3.71. The molecule has 7 heteroatoms. The van der Waals surface area contributed by atoms with Crippen LogP contribution < -0.4 is 0 Å². The van der Waals surface area contributed by atoms with E-state index in [0.29, 0.717) is 24.9 Å². The van der Waals surface area contributed by atoms with Crippen molar-refractivity contribution in [2.45, 2.75) is 30.3 Å². The van der Waals surface area contributed by atoms with E-state index >= 15 is 0 Å². The molecule has 1 aliphatic rings. The fraction of sp³-hybridized carbons (Fsp3) is 0.500. The van der Waals surface area contributed by atoms with Gasteiger partial charge in [0.15, 0.2) is 0 Å². The molecule has 0 heterocycles. The number of hydrogen-bond donors (Lipinski definition) is 2. The zero-order valence-electron chi connectivity index (χ0n) is 11.8. The summed E-state index contributed by atoms with van der Waals surface area (Å²) in [6, 6.07) is 5.89. The molecule has 0 aromatic heterocycles. The number of nitrogens with zero attached hydrogens (tertiary/aromatic N) is 1. The van der Waals surface area contributed by atoms with E-state index in [1.807, 2.05) is 0 Å². The molecule has 0 radical (unpaired) electrons. The molecule has 2 rings (SSSR count). The van der Waals surface area contributed by atoms with E-state index in [4.69, 9.17) is 5.11 Å². The molecule has 1 aromatic carbocycles. The maximum Gasteiger partial charge on any atom is 0.307 e. The molecular formula is C14H19NO5S. The summed E-state index contributed by atoms with van der Waals surface area (Å²) in [6.07, 6.45) is 0.840. The highest BCUT2D eigenvalue weighted by molar-refractivity contribution is 7.89. The second-order valence-electron chi connectivity index (χ2n) is 5.49. The Balaban J connectivity index is 2.05. The quantitative estimate of drug-likeness (QED) is 0.806. The number of aliphatic hydroxyl groups excluding tert-OH is 1. The lowest BCUT2D eigenvalue weighted by molar-refractivity contribution is -0.136. The number of aliphatic carboxylic acids is 1. The van der Waals surface area contributed by atoms with Crippen LogP contribution in [0.2, 0.25) is 0 Å². The Labute approximate surface area is 124 Å². The summed E-state index contributed by atoms with van der Waals surface area (Å²) < 4.78 is 26.0. The van der Waals surface area contributed by atoms with E-state index in [9.17, 15) is 18.3 Å². The van der Waals surface area contributed by atoms with Gasteiger partial charge in [-0.15, -0.1) is 0 Å². The molecule has 1 fully saturated rings. The predicted octanol–water partition coefficient (Wildman–Crippen LogP) is 0.705. The highest BCUT2D eigenvalue weighted by atomic mass is 32.2. The van der Waals surface area contributed by atoms with Crippen LogP contribution in [-0.2, 0) is 21.2 Å². The molecule has 0 bridgehead atoms. The summed E-state index contributed by atoms with van der Waals surface area (Å²) in [7, 11) is -2.05. The molecule has 6 nitrogen and oxygen atoms in total. The van der Waals surface area contributed by atoms with Crippen molar-refractivity contribution in [1.82, 2.24) is 4.31 Å². The van der Waals surface area contributed by atoms with Gasteiger partial charge in [-0.2, -0.15) is 0 Å². The number of carbonyl (C=O) groups is 1. The van der Waals surface area contributed by atoms with Crippen molar-refractivity contribution in [3.8, 4) is 0 Å². The minimum atomic E-state index is -3.57.